The number of carbonyl (C=O) groups excluding carboxylic acids is 1. The third-order valence-corrected chi connectivity index (χ3v) is 2.44. The SMILES string of the molecule is CC(C)=NNC(=O)c1ccn(COc2ccccc2F)n1. The zero-order valence-electron chi connectivity index (χ0n) is 11.7. The minimum absolute atomic E-state index is 0.00425. The average Bonchev–Trinajstić information content (AvgIpc) is 2.93. The monoisotopic (exact) mass is 290 g/mol. The number of para-hydroxylation sites is 1. The Morgan fingerprint density at radius 1 is 1.38 bits per heavy atom. The summed E-state index contributed by atoms with van der Waals surface area (Å²) in [6.45, 7) is 3.53. The molecular formula is C14H15FN4O2. The van der Waals surface area contributed by atoms with Crippen LogP contribution in [0.3, 0.4) is 0 Å². The van der Waals surface area contributed by atoms with Crippen molar-refractivity contribution in [2.75, 3.05) is 0 Å². The topological polar surface area (TPSA) is 68.5 Å². The lowest BCUT2D eigenvalue weighted by molar-refractivity contribution is 0.0947. The third-order valence-electron chi connectivity index (χ3n) is 2.44. The van der Waals surface area contributed by atoms with Gasteiger partial charge in [0.05, 0.1) is 0 Å². The van der Waals surface area contributed by atoms with Gasteiger partial charge in [0.25, 0.3) is 5.91 Å². The van der Waals surface area contributed by atoms with E-state index in [1.807, 2.05) is 0 Å². The molecule has 0 spiro atoms. The van der Waals surface area contributed by atoms with Gasteiger partial charge in [-0.25, -0.2) is 14.5 Å². The molecule has 2 aromatic rings. The molecule has 0 fully saturated rings. The molecule has 1 amide bonds. The fraction of sp³-hybridized carbons (Fsp3) is 0.214. The lowest BCUT2D eigenvalue weighted by Gasteiger charge is -2.06. The molecule has 0 radical (unpaired) electrons. The van der Waals surface area contributed by atoms with Gasteiger partial charge in [0, 0.05) is 11.9 Å². The van der Waals surface area contributed by atoms with Gasteiger partial charge in [-0.15, -0.1) is 0 Å². The van der Waals surface area contributed by atoms with Gasteiger partial charge in [0.2, 0.25) is 0 Å². The molecule has 6 nitrogen and oxygen atoms in total. The van der Waals surface area contributed by atoms with Gasteiger partial charge in [0.15, 0.2) is 24.0 Å². The number of hydrazone groups is 1. The summed E-state index contributed by atoms with van der Waals surface area (Å²) in [7, 11) is 0. The van der Waals surface area contributed by atoms with Crippen LogP contribution in [0.1, 0.15) is 24.3 Å². The van der Waals surface area contributed by atoms with Crippen LogP contribution in [-0.2, 0) is 6.73 Å². The second kappa shape index (κ2) is 6.65. The van der Waals surface area contributed by atoms with Gasteiger partial charge in [0.1, 0.15) is 0 Å². The fourth-order valence-electron chi connectivity index (χ4n) is 1.47. The van der Waals surface area contributed by atoms with E-state index in [0.717, 1.165) is 5.71 Å². The van der Waals surface area contributed by atoms with E-state index in [4.69, 9.17) is 4.74 Å². The Bertz CT molecular complexity index is 662. The zero-order chi connectivity index (χ0) is 15.2. The molecule has 1 aromatic heterocycles. The molecule has 21 heavy (non-hydrogen) atoms. The second-order valence-corrected chi connectivity index (χ2v) is 4.44. The van der Waals surface area contributed by atoms with Crippen LogP contribution in [-0.4, -0.2) is 21.4 Å². The average molecular weight is 290 g/mol. The Labute approximate surface area is 121 Å². The van der Waals surface area contributed by atoms with Crippen molar-refractivity contribution in [3.63, 3.8) is 0 Å². The maximum atomic E-state index is 13.4. The van der Waals surface area contributed by atoms with Gasteiger partial charge < -0.3 is 4.74 Å². The first-order valence-electron chi connectivity index (χ1n) is 6.28. The molecule has 1 N–H and O–H groups in total. The van der Waals surface area contributed by atoms with Crippen LogP contribution in [0.2, 0.25) is 0 Å². The van der Waals surface area contributed by atoms with Crippen LogP contribution in [0.5, 0.6) is 5.75 Å². The number of benzene rings is 1. The summed E-state index contributed by atoms with van der Waals surface area (Å²) >= 11 is 0. The number of nitrogens with one attached hydrogen (secondary N) is 1. The summed E-state index contributed by atoms with van der Waals surface area (Å²) < 4.78 is 20.0. The highest BCUT2D eigenvalue weighted by Crippen LogP contribution is 2.15. The molecule has 0 saturated carbocycles. The van der Waals surface area contributed by atoms with Crippen LogP contribution in [0.25, 0.3) is 0 Å². The summed E-state index contributed by atoms with van der Waals surface area (Å²) in [6.07, 6.45) is 1.57. The zero-order valence-corrected chi connectivity index (χ0v) is 11.7. The molecule has 0 aliphatic rings. The number of hydrogen-bond acceptors (Lipinski definition) is 4. The fourth-order valence-corrected chi connectivity index (χ4v) is 1.47. The smallest absolute Gasteiger partial charge is 0.291 e. The van der Waals surface area contributed by atoms with E-state index in [-0.39, 0.29) is 18.2 Å². The van der Waals surface area contributed by atoms with E-state index < -0.39 is 11.7 Å². The van der Waals surface area contributed by atoms with E-state index >= 15 is 0 Å². The third kappa shape index (κ3) is 4.13. The van der Waals surface area contributed by atoms with Gasteiger partial charge >= 0.3 is 0 Å². The van der Waals surface area contributed by atoms with Gasteiger partial charge in [-0.2, -0.15) is 10.2 Å². The first-order chi connectivity index (χ1) is 10.1. The largest absolute Gasteiger partial charge is 0.468 e. The van der Waals surface area contributed by atoms with E-state index in [1.165, 1.54) is 22.9 Å². The first kappa shape index (κ1) is 14.7. The maximum Gasteiger partial charge on any atom is 0.291 e. The van der Waals surface area contributed by atoms with Crippen molar-refractivity contribution in [2.45, 2.75) is 20.6 Å². The Kier molecular flexibility index (Phi) is 4.65. The molecule has 110 valence electrons. The Hall–Kier alpha value is -2.70. The number of carbonyl (C=O) groups is 1. The Morgan fingerprint density at radius 2 is 2.14 bits per heavy atom. The predicted octanol–water partition coefficient (Wildman–Crippen LogP) is 2.18. The van der Waals surface area contributed by atoms with Crippen LogP contribution in [0.4, 0.5) is 4.39 Å². The first-order valence-corrected chi connectivity index (χ1v) is 6.28. The van der Waals surface area contributed by atoms with E-state index in [2.05, 4.69) is 15.6 Å². The summed E-state index contributed by atoms with van der Waals surface area (Å²) in [5, 5.41) is 7.82. The molecule has 0 atom stereocenters. The number of amides is 1. The quantitative estimate of drug-likeness (QED) is 0.678. The molecule has 0 bridgehead atoms. The summed E-state index contributed by atoms with van der Waals surface area (Å²) in [6, 6.07) is 7.61. The molecule has 0 aliphatic carbocycles. The summed E-state index contributed by atoms with van der Waals surface area (Å²) in [4.78, 5) is 11.7. The summed E-state index contributed by atoms with van der Waals surface area (Å²) in [5.74, 6) is -0.735. The van der Waals surface area contributed by atoms with Crippen molar-refractivity contribution < 1.29 is 13.9 Å². The number of rotatable bonds is 5. The van der Waals surface area contributed by atoms with Crippen molar-refractivity contribution in [3.05, 3.63) is 48.0 Å². The van der Waals surface area contributed by atoms with Crippen molar-refractivity contribution in [2.24, 2.45) is 5.10 Å². The van der Waals surface area contributed by atoms with Gasteiger partial charge in [-0.1, -0.05) is 12.1 Å². The molecular weight excluding hydrogens is 275 g/mol. The standard InChI is InChI=1S/C14H15FN4O2/c1-10(2)16-17-14(20)12-7-8-19(18-12)9-21-13-6-4-3-5-11(13)15/h3-8H,9H2,1-2H3,(H,17,20). The highest BCUT2D eigenvalue weighted by Gasteiger charge is 2.09. The van der Waals surface area contributed by atoms with Crippen LogP contribution in [0, 0.1) is 5.82 Å². The molecule has 0 saturated heterocycles. The van der Waals surface area contributed by atoms with E-state index in [0.29, 0.717) is 0 Å². The highest BCUT2D eigenvalue weighted by molar-refractivity contribution is 5.93. The minimum Gasteiger partial charge on any atom is -0.468 e. The van der Waals surface area contributed by atoms with Gasteiger partial charge in [-0.3, -0.25) is 4.79 Å². The lowest BCUT2D eigenvalue weighted by atomic mass is 10.3. The summed E-state index contributed by atoms with van der Waals surface area (Å²) in [5.41, 5.74) is 3.30. The highest BCUT2D eigenvalue weighted by atomic mass is 19.1. The molecule has 1 aromatic carbocycles. The van der Waals surface area contributed by atoms with Crippen LogP contribution >= 0.6 is 0 Å². The maximum absolute atomic E-state index is 13.4. The normalized spacial score (nSPS) is 10.0. The molecule has 0 aliphatic heterocycles. The van der Waals surface area contributed by atoms with Crippen molar-refractivity contribution >= 4 is 11.6 Å². The Morgan fingerprint density at radius 3 is 2.86 bits per heavy atom. The van der Waals surface area contributed by atoms with Crippen molar-refractivity contribution in [3.8, 4) is 5.75 Å². The number of hydrogen-bond donors (Lipinski definition) is 1. The number of aromatic nitrogens is 2. The molecule has 0 unspecified atom stereocenters. The number of ether oxygens (including phenoxy) is 1. The van der Waals surface area contributed by atoms with E-state index in [9.17, 15) is 9.18 Å². The molecule has 2 rings (SSSR count). The number of halogens is 1. The van der Waals surface area contributed by atoms with Crippen LogP contribution in [0.15, 0.2) is 41.6 Å². The predicted molar refractivity (Wildman–Crippen MR) is 75.5 cm³/mol. The van der Waals surface area contributed by atoms with Crippen LogP contribution < -0.4 is 10.2 Å². The van der Waals surface area contributed by atoms with Crippen molar-refractivity contribution in [1.29, 1.82) is 0 Å². The van der Waals surface area contributed by atoms with Crippen molar-refractivity contribution in [1.82, 2.24) is 15.2 Å². The molecule has 1 heterocycles. The number of nitrogens with zero attached hydrogens (tertiary/aromatic N) is 3. The minimum atomic E-state index is -0.449. The van der Waals surface area contributed by atoms with E-state index in [1.54, 1.807) is 32.2 Å². The molecule has 7 heteroatoms. The Balaban J connectivity index is 1.96. The van der Waals surface area contributed by atoms with Gasteiger partial charge in [-0.05, 0) is 32.0 Å². The lowest BCUT2D eigenvalue weighted by Crippen LogP contribution is -2.19. The second-order valence-electron chi connectivity index (χ2n) is 4.44.